The van der Waals surface area contributed by atoms with Crippen molar-refractivity contribution in [3.8, 4) is 5.75 Å². The summed E-state index contributed by atoms with van der Waals surface area (Å²) in [5.41, 5.74) is 5.73. The second-order valence-electron chi connectivity index (χ2n) is 4.43. The number of carbonyl (C=O) groups excluding carboxylic acids is 2. The topological polar surface area (TPSA) is 104 Å². The Labute approximate surface area is 117 Å². The number of carbonyl (C=O) groups is 2. The second-order valence-corrected chi connectivity index (χ2v) is 6.76. The fourth-order valence-electron chi connectivity index (χ4n) is 1.63. The average molecular weight is 299 g/mol. The van der Waals surface area contributed by atoms with E-state index >= 15 is 0 Å². The first-order chi connectivity index (χ1) is 9.19. The second kappa shape index (κ2) is 6.04. The third kappa shape index (κ3) is 3.57. The molecule has 0 heterocycles. The molecule has 2 N–H and O–H groups in total. The summed E-state index contributed by atoms with van der Waals surface area (Å²) >= 11 is 0. The van der Waals surface area contributed by atoms with Gasteiger partial charge < -0.3 is 10.5 Å². The number of sulfone groups is 1. The van der Waals surface area contributed by atoms with Crippen LogP contribution in [-0.4, -0.2) is 32.5 Å². The van der Waals surface area contributed by atoms with Gasteiger partial charge in [-0.1, -0.05) is 0 Å². The van der Waals surface area contributed by atoms with E-state index in [-0.39, 0.29) is 5.78 Å². The van der Waals surface area contributed by atoms with Crippen LogP contribution < -0.4 is 10.5 Å². The summed E-state index contributed by atoms with van der Waals surface area (Å²) in [5, 5.41) is -1.30. The van der Waals surface area contributed by atoms with Gasteiger partial charge in [0.1, 0.15) is 11.0 Å². The molecule has 1 aromatic rings. The lowest BCUT2D eigenvalue weighted by Gasteiger charge is -2.13. The molecule has 0 saturated carbocycles. The Morgan fingerprint density at radius 1 is 1.35 bits per heavy atom. The van der Waals surface area contributed by atoms with Crippen LogP contribution in [-0.2, 0) is 20.4 Å². The molecule has 7 heteroatoms. The van der Waals surface area contributed by atoms with Crippen molar-refractivity contribution in [2.75, 3.05) is 7.11 Å². The Kier molecular flexibility index (Phi) is 4.88. The Morgan fingerprint density at radius 2 is 1.95 bits per heavy atom. The predicted molar refractivity (Wildman–Crippen MR) is 74.3 cm³/mol. The SMILES string of the molecule is COc1ccc(C(C)=O)cc1CS(=O)(=O)[C@@H](C)C(N)=O. The molecule has 6 nitrogen and oxygen atoms in total. The van der Waals surface area contributed by atoms with Gasteiger partial charge in [0, 0.05) is 11.1 Å². The molecule has 0 saturated heterocycles. The van der Waals surface area contributed by atoms with E-state index in [1.165, 1.54) is 33.1 Å². The summed E-state index contributed by atoms with van der Waals surface area (Å²) in [5.74, 6) is -1.17. The van der Waals surface area contributed by atoms with Gasteiger partial charge in [0.2, 0.25) is 5.91 Å². The number of rotatable bonds is 6. The summed E-state index contributed by atoms with van der Waals surface area (Å²) in [6, 6.07) is 4.53. The van der Waals surface area contributed by atoms with Gasteiger partial charge in [-0.25, -0.2) is 8.42 Å². The first-order valence-corrected chi connectivity index (χ1v) is 7.59. The van der Waals surface area contributed by atoms with Crippen LogP contribution >= 0.6 is 0 Å². The lowest BCUT2D eigenvalue weighted by atomic mass is 10.1. The molecular weight excluding hydrogens is 282 g/mol. The Morgan fingerprint density at radius 3 is 2.40 bits per heavy atom. The zero-order chi connectivity index (χ0) is 15.5. The summed E-state index contributed by atoms with van der Waals surface area (Å²) < 4.78 is 29.2. The van der Waals surface area contributed by atoms with Crippen LogP contribution in [0.2, 0.25) is 0 Å². The van der Waals surface area contributed by atoms with Crippen molar-refractivity contribution in [3.05, 3.63) is 29.3 Å². The summed E-state index contributed by atoms with van der Waals surface area (Å²) in [7, 11) is -2.35. The van der Waals surface area contributed by atoms with Crippen molar-refractivity contribution < 1.29 is 22.7 Å². The van der Waals surface area contributed by atoms with Crippen molar-refractivity contribution in [3.63, 3.8) is 0 Å². The molecule has 1 amide bonds. The zero-order valence-electron chi connectivity index (χ0n) is 11.5. The number of ketones is 1. The number of methoxy groups -OCH3 is 1. The van der Waals surface area contributed by atoms with Crippen LogP contribution in [0, 0.1) is 0 Å². The maximum Gasteiger partial charge on any atom is 0.235 e. The van der Waals surface area contributed by atoms with E-state index < -0.39 is 26.7 Å². The molecule has 1 rings (SSSR count). The fraction of sp³-hybridized carbons (Fsp3) is 0.385. The number of primary amides is 1. The minimum atomic E-state index is -3.75. The molecule has 0 aliphatic carbocycles. The molecule has 0 aromatic heterocycles. The molecule has 110 valence electrons. The third-order valence-corrected chi connectivity index (χ3v) is 5.01. The third-order valence-electron chi connectivity index (χ3n) is 2.98. The molecular formula is C13H17NO5S. The highest BCUT2D eigenvalue weighted by Crippen LogP contribution is 2.24. The van der Waals surface area contributed by atoms with Crippen LogP contribution in [0.25, 0.3) is 0 Å². The van der Waals surface area contributed by atoms with Crippen LogP contribution in [0.3, 0.4) is 0 Å². The van der Waals surface area contributed by atoms with E-state index in [9.17, 15) is 18.0 Å². The van der Waals surface area contributed by atoms with Crippen LogP contribution in [0.5, 0.6) is 5.75 Å². The molecule has 0 aliphatic rings. The molecule has 0 spiro atoms. The lowest BCUT2D eigenvalue weighted by molar-refractivity contribution is -0.117. The standard InChI is InChI=1S/C13H17NO5S/c1-8(15)10-4-5-12(19-3)11(6-10)7-20(17,18)9(2)13(14)16/h4-6,9H,7H2,1-3H3,(H2,14,16)/t9-/m0/s1. The van der Waals surface area contributed by atoms with Crippen molar-refractivity contribution in [1.29, 1.82) is 0 Å². The Bertz CT molecular complexity index is 636. The van der Waals surface area contributed by atoms with Crippen LogP contribution in [0.15, 0.2) is 18.2 Å². The van der Waals surface area contributed by atoms with Crippen molar-refractivity contribution in [2.45, 2.75) is 24.9 Å². The smallest absolute Gasteiger partial charge is 0.235 e. The number of hydrogen-bond donors (Lipinski definition) is 1. The Balaban J connectivity index is 3.22. The molecule has 0 bridgehead atoms. The Hall–Kier alpha value is -1.89. The van der Waals surface area contributed by atoms with Gasteiger partial charge in [-0.15, -0.1) is 0 Å². The number of benzene rings is 1. The van der Waals surface area contributed by atoms with Gasteiger partial charge in [0.05, 0.1) is 12.9 Å². The normalized spacial score (nSPS) is 12.8. The lowest BCUT2D eigenvalue weighted by Crippen LogP contribution is -2.34. The summed E-state index contributed by atoms with van der Waals surface area (Å²) in [4.78, 5) is 22.4. The minimum absolute atomic E-state index is 0.186. The monoisotopic (exact) mass is 299 g/mol. The van der Waals surface area contributed by atoms with E-state index in [2.05, 4.69) is 0 Å². The highest BCUT2D eigenvalue weighted by atomic mass is 32.2. The van der Waals surface area contributed by atoms with Gasteiger partial charge in [-0.3, -0.25) is 9.59 Å². The zero-order valence-corrected chi connectivity index (χ0v) is 12.4. The van der Waals surface area contributed by atoms with Gasteiger partial charge in [-0.2, -0.15) is 0 Å². The number of Topliss-reactive ketones (excluding diaryl/α,β-unsaturated/α-hetero) is 1. The summed E-state index contributed by atoms with van der Waals surface area (Å²) in [6.45, 7) is 2.62. The predicted octanol–water partition coefficient (Wildman–Crippen LogP) is 0.686. The molecule has 1 aromatic carbocycles. The first kappa shape index (κ1) is 16.2. The number of nitrogens with two attached hydrogens (primary N) is 1. The maximum atomic E-state index is 12.0. The number of hydrogen-bond acceptors (Lipinski definition) is 5. The largest absolute Gasteiger partial charge is 0.496 e. The van der Waals surface area contributed by atoms with E-state index in [0.29, 0.717) is 16.9 Å². The molecule has 20 heavy (non-hydrogen) atoms. The maximum absolute atomic E-state index is 12.0. The van der Waals surface area contributed by atoms with Gasteiger partial charge in [-0.05, 0) is 32.0 Å². The van der Waals surface area contributed by atoms with E-state index in [4.69, 9.17) is 10.5 Å². The van der Waals surface area contributed by atoms with Crippen molar-refractivity contribution in [2.24, 2.45) is 5.73 Å². The molecule has 0 unspecified atom stereocenters. The molecule has 0 aliphatic heterocycles. The number of ether oxygens (including phenoxy) is 1. The quantitative estimate of drug-likeness (QED) is 0.778. The van der Waals surface area contributed by atoms with Gasteiger partial charge >= 0.3 is 0 Å². The van der Waals surface area contributed by atoms with Crippen LogP contribution in [0.4, 0.5) is 0 Å². The summed E-state index contributed by atoms with van der Waals surface area (Å²) in [6.07, 6.45) is 0. The average Bonchev–Trinajstić information content (AvgIpc) is 2.36. The molecule has 0 fully saturated rings. The van der Waals surface area contributed by atoms with Crippen molar-refractivity contribution in [1.82, 2.24) is 0 Å². The van der Waals surface area contributed by atoms with Gasteiger partial charge in [0.15, 0.2) is 15.6 Å². The molecule has 1 atom stereocenters. The minimum Gasteiger partial charge on any atom is -0.496 e. The van der Waals surface area contributed by atoms with Crippen LogP contribution in [0.1, 0.15) is 29.8 Å². The van der Waals surface area contributed by atoms with E-state index in [0.717, 1.165) is 0 Å². The highest BCUT2D eigenvalue weighted by Gasteiger charge is 2.27. The molecule has 0 radical (unpaired) electrons. The fourth-order valence-corrected chi connectivity index (χ4v) is 2.89. The van der Waals surface area contributed by atoms with Gasteiger partial charge in [0.25, 0.3) is 0 Å². The van der Waals surface area contributed by atoms with E-state index in [1.54, 1.807) is 6.07 Å². The first-order valence-electron chi connectivity index (χ1n) is 5.87. The van der Waals surface area contributed by atoms with Crippen molar-refractivity contribution >= 4 is 21.5 Å². The highest BCUT2D eigenvalue weighted by molar-refractivity contribution is 7.92. The number of amides is 1. The van der Waals surface area contributed by atoms with E-state index in [1.807, 2.05) is 0 Å².